The number of anilines is 2. The first-order valence-corrected chi connectivity index (χ1v) is 13.1. The fourth-order valence-electron chi connectivity index (χ4n) is 4.75. The normalized spacial score (nSPS) is 13.3. The van der Waals surface area contributed by atoms with Gasteiger partial charge < -0.3 is 25.2 Å². The van der Waals surface area contributed by atoms with E-state index >= 15 is 0 Å². The summed E-state index contributed by atoms with van der Waals surface area (Å²) in [5.74, 6) is -0.723. The Morgan fingerprint density at radius 3 is 2.52 bits per heavy atom. The number of carbonyl (C=O) groups excluding carboxylic acids is 1. The molecule has 0 unspecified atom stereocenters. The third-order valence-electron chi connectivity index (χ3n) is 6.75. The van der Waals surface area contributed by atoms with Gasteiger partial charge in [0.2, 0.25) is 5.91 Å². The number of nitro groups is 1. The molecule has 11 nitrogen and oxygen atoms in total. The quantitative estimate of drug-likeness (QED) is 0.184. The van der Waals surface area contributed by atoms with E-state index in [0.717, 1.165) is 0 Å². The number of amides is 2. The lowest BCUT2D eigenvalue weighted by Gasteiger charge is -2.31. The molecular formula is C28H23ClF2N6O5. The van der Waals surface area contributed by atoms with E-state index < -0.39 is 34.6 Å². The van der Waals surface area contributed by atoms with Gasteiger partial charge in [0.25, 0.3) is 5.69 Å². The highest BCUT2D eigenvalue weighted by atomic mass is 35.5. The van der Waals surface area contributed by atoms with Crippen molar-refractivity contribution in [3.63, 3.8) is 0 Å². The number of nitrogens with zero attached hydrogens (tertiary/aromatic N) is 4. The number of hydrogen-bond donors (Lipinski definition) is 3. The summed E-state index contributed by atoms with van der Waals surface area (Å²) in [6, 6.07) is 14.3. The number of carbonyl (C=O) groups is 2. The Kier molecular flexibility index (Phi) is 8.02. The van der Waals surface area contributed by atoms with Crippen LogP contribution in [-0.4, -0.2) is 49.1 Å². The van der Waals surface area contributed by atoms with Crippen molar-refractivity contribution in [2.24, 2.45) is 0 Å². The molecule has 0 spiro atoms. The lowest BCUT2D eigenvalue weighted by molar-refractivity contribution is -0.384. The van der Waals surface area contributed by atoms with Crippen molar-refractivity contribution in [3.05, 3.63) is 105 Å². The second kappa shape index (κ2) is 11.8. The zero-order valence-electron chi connectivity index (χ0n) is 21.8. The maximum Gasteiger partial charge on any atom is 0.405 e. The molecule has 1 atom stereocenters. The fourth-order valence-corrected chi connectivity index (χ4v) is 4.87. The summed E-state index contributed by atoms with van der Waals surface area (Å²) < 4.78 is 30.1. The summed E-state index contributed by atoms with van der Waals surface area (Å²) in [6.45, 7) is 0.446. The van der Waals surface area contributed by atoms with Crippen LogP contribution in [0.25, 0.3) is 11.3 Å². The maximum atomic E-state index is 14.2. The average Bonchev–Trinajstić information content (AvgIpc) is 3.31. The molecular weight excluding hydrogens is 574 g/mol. The highest BCUT2D eigenvalue weighted by molar-refractivity contribution is 6.30. The standard InChI is InChI=1S/C28H23ClF2N6O5/c29-21-9-6-19(14-22(21)31)32-26-25(17-2-1-3-18(30)13-17)34-24-15-35(10-11-36(24)26)27(38)23(33-28(39)40)12-16-4-7-20(8-5-16)37(41)42/h1-9,13-14,23,32-33H,10-12,15H2,(H,39,40)/t23-/m0/s1. The summed E-state index contributed by atoms with van der Waals surface area (Å²) in [4.78, 5) is 41.6. The zero-order valence-corrected chi connectivity index (χ0v) is 22.5. The minimum absolute atomic E-state index is 0.00979. The first kappa shape index (κ1) is 28.5. The lowest BCUT2D eigenvalue weighted by atomic mass is 10.0. The van der Waals surface area contributed by atoms with Crippen LogP contribution in [0.4, 0.5) is 30.8 Å². The number of rotatable bonds is 8. The number of nitro benzene ring substituents is 1. The van der Waals surface area contributed by atoms with Gasteiger partial charge in [-0.3, -0.25) is 14.9 Å². The molecule has 0 aliphatic carbocycles. The molecule has 216 valence electrons. The van der Waals surface area contributed by atoms with Crippen molar-refractivity contribution in [3.8, 4) is 11.3 Å². The summed E-state index contributed by atoms with van der Waals surface area (Å²) in [5, 5.41) is 25.7. The smallest absolute Gasteiger partial charge is 0.405 e. The van der Waals surface area contributed by atoms with Crippen molar-refractivity contribution >= 4 is 40.8 Å². The second-order valence-electron chi connectivity index (χ2n) is 9.53. The number of non-ortho nitro benzene ring substituents is 1. The van der Waals surface area contributed by atoms with E-state index in [4.69, 9.17) is 11.6 Å². The van der Waals surface area contributed by atoms with Crippen molar-refractivity contribution in [2.45, 2.75) is 25.6 Å². The van der Waals surface area contributed by atoms with Gasteiger partial charge in [0, 0.05) is 42.9 Å². The van der Waals surface area contributed by atoms with E-state index in [1.54, 1.807) is 16.7 Å². The molecule has 2 heterocycles. The van der Waals surface area contributed by atoms with Crippen LogP contribution in [0.2, 0.25) is 5.02 Å². The molecule has 5 rings (SSSR count). The molecule has 0 fully saturated rings. The minimum atomic E-state index is -1.40. The monoisotopic (exact) mass is 596 g/mol. The number of fused-ring (bicyclic) bond motifs is 1. The zero-order chi connectivity index (χ0) is 30.0. The Morgan fingerprint density at radius 2 is 1.86 bits per heavy atom. The topological polar surface area (TPSA) is 143 Å². The Bertz CT molecular complexity index is 1680. The Labute approximate surface area is 242 Å². The van der Waals surface area contributed by atoms with Crippen molar-refractivity contribution in [1.29, 1.82) is 0 Å². The molecule has 0 bridgehead atoms. The van der Waals surface area contributed by atoms with E-state index in [1.807, 2.05) is 0 Å². The van der Waals surface area contributed by atoms with Crippen LogP contribution in [0.3, 0.4) is 0 Å². The fraction of sp³-hybridized carbons (Fsp3) is 0.179. The molecule has 14 heteroatoms. The highest BCUT2D eigenvalue weighted by Crippen LogP contribution is 2.34. The molecule has 1 aliphatic rings. The first-order valence-electron chi connectivity index (χ1n) is 12.7. The number of carboxylic acid groups (broad SMARTS) is 1. The van der Waals surface area contributed by atoms with Gasteiger partial charge in [-0.15, -0.1) is 0 Å². The summed E-state index contributed by atoms with van der Waals surface area (Å²) in [7, 11) is 0. The van der Waals surface area contributed by atoms with Crippen LogP contribution in [0, 0.1) is 21.7 Å². The molecule has 1 aromatic heterocycles. The molecule has 42 heavy (non-hydrogen) atoms. The van der Waals surface area contributed by atoms with Crippen LogP contribution in [-0.2, 0) is 24.3 Å². The van der Waals surface area contributed by atoms with E-state index in [1.165, 1.54) is 59.5 Å². The molecule has 0 saturated carbocycles. The average molecular weight is 597 g/mol. The number of hydrogen-bond acceptors (Lipinski definition) is 6. The van der Waals surface area contributed by atoms with Gasteiger partial charge in [0.15, 0.2) is 0 Å². The summed E-state index contributed by atoms with van der Waals surface area (Å²) >= 11 is 5.83. The molecule has 3 aromatic carbocycles. The third kappa shape index (κ3) is 6.15. The van der Waals surface area contributed by atoms with Crippen molar-refractivity contribution in [2.75, 3.05) is 11.9 Å². The third-order valence-corrected chi connectivity index (χ3v) is 7.05. The Morgan fingerprint density at radius 1 is 1.10 bits per heavy atom. The van der Waals surface area contributed by atoms with Gasteiger partial charge in [0.1, 0.15) is 35.0 Å². The number of benzene rings is 3. The predicted octanol–water partition coefficient (Wildman–Crippen LogP) is 5.35. The Hall–Kier alpha value is -5.04. The van der Waals surface area contributed by atoms with Crippen LogP contribution in [0.15, 0.2) is 66.7 Å². The number of nitrogens with one attached hydrogen (secondary N) is 2. The van der Waals surface area contributed by atoms with Crippen LogP contribution >= 0.6 is 11.6 Å². The van der Waals surface area contributed by atoms with E-state index in [9.17, 15) is 33.6 Å². The van der Waals surface area contributed by atoms with Gasteiger partial charge in [-0.05, 0) is 35.9 Å². The first-order chi connectivity index (χ1) is 20.1. The minimum Gasteiger partial charge on any atom is -0.465 e. The molecule has 3 N–H and O–H groups in total. The molecule has 0 saturated heterocycles. The molecule has 0 radical (unpaired) electrons. The number of imidazole rings is 1. The maximum absolute atomic E-state index is 14.2. The predicted molar refractivity (Wildman–Crippen MR) is 149 cm³/mol. The van der Waals surface area contributed by atoms with Gasteiger partial charge in [0.05, 0.1) is 16.5 Å². The highest BCUT2D eigenvalue weighted by Gasteiger charge is 2.32. The SMILES string of the molecule is O=C(O)N[C@@H](Cc1ccc([N+](=O)[O-])cc1)C(=O)N1CCn2c(nc(-c3cccc(F)c3)c2Nc2ccc(Cl)c(F)c2)C1. The molecule has 2 amide bonds. The molecule has 1 aliphatic heterocycles. The lowest BCUT2D eigenvalue weighted by Crippen LogP contribution is -2.51. The molecule has 4 aromatic rings. The van der Waals surface area contributed by atoms with Gasteiger partial charge >= 0.3 is 6.09 Å². The number of aromatic nitrogens is 2. The van der Waals surface area contributed by atoms with E-state index in [-0.39, 0.29) is 36.8 Å². The van der Waals surface area contributed by atoms with Gasteiger partial charge in [-0.2, -0.15) is 0 Å². The van der Waals surface area contributed by atoms with Crippen LogP contribution in [0.1, 0.15) is 11.4 Å². The van der Waals surface area contributed by atoms with Gasteiger partial charge in [-0.1, -0.05) is 35.9 Å². The Balaban J connectivity index is 1.44. The number of halogens is 3. The van der Waals surface area contributed by atoms with Crippen LogP contribution in [0.5, 0.6) is 0 Å². The van der Waals surface area contributed by atoms with Crippen molar-refractivity contribution < 1.29 is 28.4 Å². The summed E-state index contributed by atoms with van der Waals surface area (Å²) in [6.07, 6.45) is -1.43. The van der Waals surface area contributed by atoms with Gasteiger partial charge in [-0.25, -0.2) is 18.6 Å². The van der Waals surface area contributed by atoms with E-state index in [2.05, 4.69) is 15.6 Å². The largest absolute Gasteiger partial charge is 0.465 e. The van der Waals surface area contributed by atoms with Crippen molar-refractivity contribution in [1.82, 2.24) is 19.8 Å². The second-order valence-corrected chi connectivity index (χ2v) is 9.94. The van der Waals surface area contributed by atoms with E-state index in [0.29, 0.717) is 34.2 Å². The van der Waals surface area contributed by atoms with Crippen LogP contribution < -0.4 is 10.6 Å². The summed E-state index contributed by atoms with van der Waals surface area (Å²) in [5.41, 5.74) is 1.61.